The van der Waals surface area contributed by atoms with Crippen LogP contribution in [0.4, 0.5) is 8.78 Å². The summed E-state index contributed by atoms with van der Waals surface area (Å²) >= 11 is 0. The van der Waals surface area contributed by atoms with E-state index in [1.165, 1.54) is 9.58 Å². The van der Waals surface area contributed by atoms with Gasteiger partial charge in [-0.15, -0.1) is 0 Å². The first-order chi connectivity index (χ1) is 13.7. The lowest BCUT2D eigenvalue weighted by Gasteiger charge is -2.19. The number of fused-ring (bicyclic) bond motifs is 1. The molecule has 0 bridgehead atoms. The van der Waals surface area contributed by atoms with Crippen molar-refractivity contribution in [1.82, 2.24) is 29.8 Å². The molecule has 1 fully saturated rings. The average molecular weight is 404 g/mol. The number of likely N-dealkylation sites (tertiary alicyclic amines) is 1. The smallest absolute Gasteiger partial charge is 0.281 e. The number of nitrogens with one attached hydrogen (secondary N) is 1. The van der Waals surface area contributed by atoms with Crippen molar-refractivity contribution in [2.75, 3.05) is 20.1 Å². The molecule has 8 nitrogen and oxygen atoms in total. The van der Waals surface area contributed by atoms with Crippen LogP contribution in [-0.4, -0.2) is 62.5 Å². The zero-order chi connectivity index (χ0) is 20.8. The molecule has 1 aromatic carbocycles. The highest BCUT2D eigenvalue weighted by Crippen LogP contribution is 2.28. The lowest BCUT2D eigenvalue weighted by atomic mass is 10.1. The Bertz CT molecular complexity index is 1060. The monoisotopic (exact) mass is 404 g/mol. The van der Waals surface area contributed by atoms with Crippen molar-refractivity contribution >= 4 is 16.8 Å². The molecule has 10 heteroatoms. The first kappa shape index (κ1) is 19.3. The maximum absolute atomic E-state index is 14.1. The van der Waals surface area contributed by atoms with Crippen molar-refractivity contribution in [3.8, 4) is 5.75 Å². The molecule has 1 saturated heterocycles. The number of aryl methyl sites for hydroxylation is 2. The zero-order valence-electron chi connectivity index (χ0n) is 16.4. The van der Waals surface area contributed by atoms with Crippen molar-refractivity contribution in [3.05, 3.63) is 41.9 Å². The fourth-order valence-electron chi connectivity index (χ4n) is 3.59. The van der Waals surface area contributed by atoms with Crippen molar-refractivity contribution in [2.45, 2.75) is 18.6 Å². The zero-order valence-corrected chi connectivity index (χ0v) is 16.4. The molecule has 154 valence electrons. The number of nitrogens with zero attached hydrogens (tertiary/aromatic N) is 5. The summed E-state index contributed by atoms with van der Waals surface area (Å²) in [7, 11) is 5.04. The van der Waals surface area contributed by atoms with Crippen molar-refractivity contribution < 1.29 is 18.3 Å². The Morgan fingerprint density at radius 1 is 1.28 bits per heavy atom. The molecule has 1 atom stereocenters. The number of alkyl halides is 2. The summed E-state index contributed by atoms with van der Waals surface area (Å²) in [6.45, 7) is 0.0219. The molecular formula is C19H22F2N6O2. The molecule has 1 amide bonds. The first-order valence-corrected chi connectivity index (χ1v) is 9.18. The van der Waals surface area contributed by atoms with Crippen LogP contribution in [0.3, 0.4) is 0 Å². The Morgan fingerprint density at radius 2 is 2.07 bits per heavy atom. The van der Waals surface area contributed by atoms with Gasteiger partial charge in [0.05, 0.1) is 17.8 Å². The summed E-state index contributed by atoms with van der Waals surface area (Å²) in [5.74, 6) is -3.01. The molecule has 0 saturated carbocycles. The minimum absolute atomic E-state index is 0.0909. The molecule has 0 spiro atoms. The van der Waals surface area contributed by atoms with E-state index in [4.69, 9.17) is 4.74 Å². The summed E-state index contributed by atoms with van der Waals surface area (Å²) in [5, 5.41) is 11.4. The van der Waals surface area contributed by atoms with E-state index in [1.807, 2.05) is 13.1 Å². The Balaban J connectivity index is 1.58. The van der Waals surface area contributed by atoms with Crippen LogP contribution in [0, 0.1) is 0 Å². The number of hydrogen-bond donors (Lipinski definition) is 1. The van der Waals surface area contributed by atoms with Crippen LogP contribution in [0.5, 0.6) is 5.75 Å². The number of rotatable bonds is 5. The third kappa shape index (κ3) is 3.67. The highest BCUT2D eigenvalue weighted by Gasteiger charge is 2.47. The van der Waals surface area contributed by atoms with Crippen LogP contribution in [0.1, 0.15) is 16.2 Å². The first-order valence-electron chi connectivity index (χ1n) is 9.18. The van der Waals surface area contributed by atoms with Gasteiger partial charge in [0.15, 0.2) is 0 Å². The molecule has 3 aromatic rings. The SMILES string of the molecule is CN1CC(NC(=O)c2c3cc(OCc4ccnn4C)ccc3nn2C)C(F)(F)C1. The summed E-state index contributed by atoms with van der Waals surface area (Å²) < 4.78 is 37.1. The standard InChI is InChI=1S/C19H22F2N6O2/c1-25-9-16(19(20,21)11-25)23-18(28)17-14-8-13(4-5-15(14)24-27(17)3)29-10-12-6-7-22-26(12)2/h4-8,16H,9-11H2,1-3H3,(H,23,28). The van der Waals surface area contributed by atoms with E-state index in [2.05, 4.69) is 15.5 Å². The second kappa shape index (κ2) is 7.11. The van der Waals surface area contributed by atoms with E-state index < -0.39 is 17.9 Å². The minimum atomic E-state index is -2.98. The average Bonchev–Trinajstić information content (AvgIpc) is 3.27. The maximum Gasteiger partial charge on any atom is 0.281 e. The van der Waals surface area contributed by atoms with Gasteiger partial charge in [-0.3, -0.25) is 19.1 Å². The Hall–Kier alpha value is -3.01. The summed E-state index contributed by atoms with van der Waals surface area (Å²) in [4.78, 5) is 14.3. The second-order valence-corrected chi connectivity index (χ2v) is 7.37. The van der Waals surface area contributed by atoms with Gasteiger partial charge in [-0.05, 0) is 31.3 Å². The predicted molar refractivity (Wildman–Crippen MR) is 102 cm³/mol. The van der Waals surface area contributed by atoms with E-state index in [9.17, 15) is 13.6 Å². The quantitative estimate of drug-likeness (QED) is 0.699. The van der Waals surface area contributed by atoms with Gasteiger partial charge >= 0.3 is 0 Å². The lowest BCUT2D eigenvalue weighted by Crippen LogP contribution is -2.47. The number of halogens is 2. The van der Waals surface area contributed by atoms with Crippen molar-refractivity contribution in [1.29, 1.82) is 0 Å². The number of likely N-dealkylation sites (N-methyl/N-ethyl adjacent to an activating group) is 1. The highest BCUT2D eigenvalue weighted by molar-refractivity contribution is 6.05. The Morgan fingerprint density at radius 3 is 2.72 bits per heavy atom. The molecule has 0 aliphatic carbocycles. The molecule has 1 aliphatic heterocycles. The van der Waals surface area contributed by atoms with E-state index in [0.29, 0.717) is 23.3 Å². The number of carbonyl (C=O) groups excluding carboxylic acids is 1. The Kier molecular flexibility index (Phi) is 4.73. The number of hydrogen-bond acceptors (Lipinski definition) is 5. The van der Waals surface area contributed by atoms with Crippen molar-refractivity contribution in [3.63, 3.8) is 0 Å². The molecule has 29 heavy (non-hydrogen) atoms. The van der Waals surface area contributed by atoms with Gasteiger partial charge in [-0.25, -0.2) is 8.78 Å². The van der Waals surface area contributed by atoms with Gasteiger partial charge < -0.3 is 10.1 Å². The number of carbonyl (C=O) groups is 1. The number of benzene rings is 1. The van der Waals surface area contributed by atoms with Gasteiger partial charge in [0, 0.05) is 32.2 Å². The van der Waals surface area contributed by atoms with Crippen LogP contribution in [0.25, 0.3) is 10.9 Å². The molecule has 1 N–H and O–H groups in total. The number of ether oxygens (including phenoxy) is 1. The molecule has 3 heterocycles. The molecule has 1 unspecified atom stereocenters. The number of aromatic nitrogens is 4. The van der Waals surface area contributed by atoms with Crippen LogP contribution >= 0.6 is 0 Å². The van der Waals surface area contributed by atoms with Gasteiger partial charge in [-0.2, -0.15) is 10.2 Å². The van der Waals surface area contributed by atoms with Crippen LogP contribution in [0.15, 0.2) is 30.5 Å². The van der Waals surface area contributed by atoms with Crippen molar-refractivity contribution in [2.24, 2.45) is 14.1 Å². The second-order valence-electron chi connectivity index (χ2n) is 7.37. The van der Waals surface area contributed by atoms with E-state index in [-0.39, 0.29) is 18.8 Å². The molecule has 4 rings (SSSR count). The third-order valence-corrected chi connectivity index (χ3v) is 5.12. The summed E-state index contributed by atoms with van der Waals surface area (Å²) in [6.07, 6.45) is 1.68. The predicted octanol–water partition coefficient (Wildman–Crippen LogP) is 1.56. The molecular weight excluding hydrogens is 382 g/mol. The summed E-state index contributed by atoms with van der Waals surface area (Å²) in [5.41, 5.74) is 1.69. The van der Waals surface area contributed by atoms with E-state index >= 15 is 0 Å². The van der Waals surface area contributed by atoms with E-state index in [1.54, 1.807) is 43.2 Å². The van der Waals surface area contributed by atoms with Crippen LogP contribution in [0.2, 0.25) is 0 Å². The van der Waals surface area contributed by atoms with Gasteiger partial charge in [-0.1, -0.05) is 0 Å². The summed E-state index contributed by atoms with van der Waals surface area (Å²) in [6, 6.07) is 5.80. The fraction of sp³-hybridized carbons (Fsp3) is 0.421. The van der Waals surface area contributed by atoms with Gasteiger partial charge in [0.25, 0.3) is 11.8 Å². The maximum atomic E-state index is 14.1. The topological polar surface area (TPSA) is 77.2 Å². The molecule has 2 aromatic heterocycles. The number of amides is 1. The third-order valence-electron chi connectivity index (χ3n) is 5.12. The molecule has 0 radical (unpaired) electrons. The largest absolute Gasteiger partial charge is 0.487 e. The van der Waals surface area contributed by atoms with Gasteiger partial charge in [0.1, 0.15) is 24.1 Å². The van der Waals surface area contributed by atoms with E-state index in [0.717, 1.165) is 5.69 Å². The normalized spacial score (nSPS) is 19.0. The van der Waals surface area contributed by atoms with Crippen LogP contribution in [-0.2, 0) is 20.7 Å². The highest BCUT2D eigenvalue weighted by atomic mass is 19.3. The fourth-order valence-corrected chi connectivity index (χ4v) is 3.59. The van der Waals surface area contributed by atoms with Gasteiger partial charge in [0.2, 0.25) is 0 Å². The molecule has 1 aliphatic rings. The lowest BCUT2D eigenvalue weighted by molar-refractivity contribution is -0.00828. The minimum Gasteiger partial charge on any atom is -0.487 e. The Labute approximate surface area is 166 Å². The van der Waals surface area contributed by atoms with Crippen LogP contribution < -0.4 is 10.1 Å².